The van der Waals surface area contributed by atoms with Crippen molar-refractivity contribution in [1.29, 1.82) is 0 Å². The lowest BCUT2D eigenvalue weighted by Crippen LogP contribution is -2.32. The Morgan fingerprint density at radius 2 is 0.504 bits per heavy atom. The van der Waals surface area contributed by atoms with Crippen molar-refractivity contribution >= 4 is 0 Å². The predicted molar refractivity (Wildman–Crippen MR) is 480 cm³/mol. The summed E-state index contributed by atoms with van der Waals surface area (Å²) in [5, 5.41) is 57.0. The maximum atomic E-state index is 9.61. The first kappa shape index (κ1) is 86.1. The number of rotatable bonds is 26. The molecule has 0 aliphatic heterocycles. The number of benzene rings is 12. The van der Waals surface area contributed by atoms with Crippen molar-refractivity contribution in [2.45, 2.75) is 138 Å². The summed E-state index contributed by atoms with van der Waals surface area (Å²) < 4.78 is 36.2. The lowest BCUT2D eigenvalue weighted by Gasteiger charge is -2.39. The van der Waals surface area contributed by atoms with Crippen molar-refractivity contribution in [2.24, 2.45) is 10.8 Å². The van der Waals surface area contributed by atoms with Gasteiger partial charge in [-0.2, -0.15) is 0 Å². The molecule has 0 aromatic heterocycles. The number of ether oxygens (including phenoxy) is 6. The minimum Gasteiger partial charge on any atom is -0.493 e. The summed E-state index contributed by atoms with van der Waals surface area (Å²) in [6, 6.07) is 87.1. The minimum atomic E-state index is -0.591. The van der Waals surface area contributed by atoms with Crippen LogP contribution < -0.4 is 28.4 Å². The first-order chi connectivity index (χ1) is 57.0. The molecular formula is C107H118O12. The topological polar surface area (TPSA) is 177 Å². The fraction of sp³-hybridized carbons (Fsp3) is 0.327. The molecule has 0 fully saturated rings. The van der Waals surface area contributed by atoms with Gasteiger partial charge in [0.05, 0.1) is 69.1 Å². The second-order valence-corrected chi connectivity index (χ2v) is 35.8. The van der Waals surface area contributed by atoms with Crippen LogP contribution in [0.25, 0.3) is 33.4 Å². The molecule has 0 saturated heterocycles. The van der Waals surface area contributed by atoms with E-state index in [1.807, 2.05) is 52.0 Å². The van der Waals surface area contributed by atoms with Crippen LogP contribution in [0.3, 0.4) is 0 Å². The molecule has 0 radical (unpaired) electrons. The Bertz CT molecular complexity index is 5210. The highest BCUT2D eigenvalue weighted by atomic mass is 16.5. The van der Waals surface area contributed by atoms with E-state index in [2.05, 4.69) is 301 Å². The SMILES string of the molecule is CC(C)(CO)COc1ccc(C2(c3ccc(OCC(C)(C)CO)cc3)c3ccccc3-c3ccccc32)cc1.Cc1cc(C2(c3cc(C)c(OCCO)c(C)c3)c3ccccc3-c3ccccc32)cc(C)c1OCCO.Cc1cc(OCCO)c(C(C)(C)C)cc1C1(c2cc(C(C)(C)C)c(OCCO)cc2C)c2ccccc2-c2ccccc21. The van der Waals surface area contributed by atoms with Crippen LogP contribution in [-0.2, 0) is 27.1 Å². The fourth-order valence-electron chi connectivity index (χ4n) is 18.2. The third kappa shape index (κ3) is 16.4. The largest absolute Gasteiger partial charge is 0.493 e. The molecule has 0 atom stereocenters. The molecule has 12 aromatic rings. The Hall–Kier alpha value is -10.8. The molecule has 12 nitrogen and oxygen atoms in total. The van der Waals surface area contributed by atoms with Gasteiger partial charge in [-0.05, 0) is 246 Å². The first-order valence-electron chi connectivity index (χ1n) is 41.7. The zero-order valence-electron chi connectivity index (χ0n) is 72.2. The van der Waals surface area contributed by atoms with E-state index in [0.717, 1.165) is 90.1 Å². The normalized spacial score (nSPS) is 13.7. The molecule has 15 rings (SSSR count). The number of hydrogen-bond donors (Lipinski definition) is 6. The van der Waals surface area contributed by atoms with E-state index in [9.17, 15) is 30.6 Å². The van der Waals surface area contributed by atoms with Gasteiger partial charge in [0.2, 0.25) is 0 Å². The van der Waals surface area contributed by atoms with E-state index in [4.69, 9.17) is 28.4 Å². The summed E-state index contributed by atoms with van der Waals surface area (Å²) in [7, 11) is 0. The van der Waals surface area contributed by atoms with Gasteiger partial charge in [0.1, 0.15) is 60.9 Å². The van der Waals surface area contributed by atoms with Crippen molar-refractivity contribution in [3.05, 3.63) is 354 Å². The molecule has 3 aliphatic carbocycles. The third-order valence-corrected chi connectivity index (χ3v) is 23.8. The van der Waals surface area contributed by atoms with Gasteiger partial charge in [-0.15, -0.1) is 0 Å². The van der Waals surface area contributed by atoms with Crippen LogP contribution in [0.1, 0.15) is 181 Å². The van der Waals surface area contributed by atoms with Crippen molar-refractivity contribution in [3.8, 4) is 67.9 Å². The van der Waals surface area contributed by atoms with Crippen LogP contribution in [0.4, 0.5) is 0 Å². The van der Waals surface area contributed by atoms with Crippen molar-refractivity contribution in [2.75, 3.05) is 79.3 Å². The minimum absolute atomic E-state index is 0.0193. The van der Waals surface area contributed by atoms with E-state index in [0.29, 0.717) is 13.2 Å². The number of hydrogen-bond acceptors (Lipinski definition) is 12. The van der Waals surface area contributed by atoms with E-state index in [1.165, 1.54) is 89.0 Å². The van der Waals surface area contributed by atoms with Gasteiger partial charge in [-0.25, -0.2) is 0 Å². The highest BCUT2D eigenvalue weighted by Crippen LogP contribution is 2.62. The quantitative estimate of drug-likeness (QED) is 0.0303. The van der Waals surface area contributed by atoms with E-state index in [-0.39, 0.29) is 87.7 Å². The standard InChI is InChI=1S/C39H46O4.C35H38O4.C33H34O4/c1-25-21-35(42-19-17-40)33(37(3,4)5)23-31(25)39(29-15-11-9-13-27(29)28-14-10-12-16-30(28)39)32-24-34(38(6,7)8)36(22-26(32)2)43-20-18-41;1-33(2,21-36)23-38-27-17-13-25(14-18-27)35(26-15-19-28(20-16-26)39-24-34(3,4)22-37)31-11-7-5-9-29(31)30-10-6-8-12-32(30)35;1-21-17-25(18-22(2)31(21)36-15-13-34)33(26-19-23(3)32(24(4)20-26)37-16-14-35)29-11-7-5-9-27(29)28-10-6-8-12-30(28)33/h9-16,21-24,40-41H,17-20H2,1-8H3;5-20,36-37H,21-24H2,1-4H3;5-12,17-20,34-35H,13-16H2,1-4H3. The molecule has 6 N–H and O–H groups in total. The van der Waals surface area contributed by atoms with Crippen LogP contribution in [0, 0.1) is 52.4 Å². The van der Waals surface area contributed by atoms with Crippen molar-refractivity contribution in [1.82, 2.24) is 0 Å². The Kier molecular flexibility index (Phi) is 25.5. The highest BCUT2D eigenvalue weighted by molar-refractivity contribution is 5.90. The van der Waals surface area contributed by atoms with E-state index >= 15 is 0 Å². The average molecular weight is 1600 g/mol. The number of aryl methyl sites for hydroxylation is 6. The lowest BCUT2D eigenvalue weighted by molar-refractivity contribution is 0.0975. The monoisotopic (exact) mass is 1590 g/mol. The second kappa shape index (κ2) is 35.3. The maximum absolute atomic E-state index is 9.61. The first-order valence-corrected chi connectivity index (χ1v) is 41.7. The zero-order valence-corrected chi connectivity index (χ0v) is 72.2. The molecule has 0 amide bonds. The van der Waals surface area contributed by atoms with Crippen molar-refractivity contribution < 1.29 is 59.1 Å². The van der Waals surface area contributed by atoms with Gasteiger partial charge in [-0.1, -0.05) is 263 Å². The molecule has 618 valence electrons. The molecule has 3 aliphatic rings. The smallest absolute Gasteiger partial charge is 0.125 e. The van der Waals surface area contributed by atoms with Crippen LogP contribution in [0.2, 0.25) is 0 Å². The van der Waals surface area contributed by atoms with Crippen LogP contribution in [0.15, 0.2) is 243 Å². The van der Waals surface area contributed by atoms with Gasteiger partial charge >= 0.3 is 0 Å². The molecule has 0 bridgehead atoms. The molecule has 0 saturated carbocycles. The number of fused-ring (bicyclic) bond motifs is 9. The van der Waals surface area contributed by atoms with Crippen LogP contribution in [-0.4, -0.2) is 110 Å². The van der Waals surface area contributed by atoms with Crippen LogP contribution >= 0.6 is 0 Å². The average Bonchev–Trinajstić information content (AvgIpc) is 1.23. The fourth-order valence-corrected chi connectivity index (χ4v) is 18.2. The summed E-state index contributed by atoms with van der Waals surface area (Å²) in [5.74, 6) is 4.85. The Morgan fingerprint density at radius 3 is 0.765 bits per heavy atom. The van der Waals surface area contributed by atoms with E-state index < -0.39 is 16.2 Å². The van der Waals surface area contributed by atoms with Gasteiger partial charge in [-0.3, -0.25) is 0 Å². The van der Waals surface area contributed by atoms with E-state index in [1.54, 1.807) is 0 Å². The molecule has 0 heterocycles. The van der Waals surface area contributed by atoms with Gasteiger partial charge < -0.3 is 59.1 Å². The van der Waals surface area contributed by atoms with Gasteiger partial charge in [0.25, 0.3) is 0 Å². The second-order valence-electron chi connectivity index (χ2n) is 35.8. The summed E-state index contributed by atoms with van der Waals surface area (Å²) in [6.07, 6.45) is 0. The summed E-state index contributed by atoms with van der Waals surface area (Å²) in [5.41, 5.74) is 28.1. The molecule has 12 heteroatoms. The number of aliphatic hydroxyl groups is 6. The summed E-state index contributed by atoms with van der Waals surface area (Å²) >= 11 is 0. The Labute approximate surface area is 704 Å². The molecule has 0 unspecified atom stereocenters. The Morgan fingerprint density at radius 1 is 0.252 bits per heavy atom. The van der Waals surface area contributed by atoms with Crippen LogP contribution in [0.5, 0.6) is 34.5 Å². The third-order valence-electron chi connectivity index (χ3n) is 23.8. The van der Waals surface area contributed by atoms with Gasteiger partial charge in [0, 0.05) is 10.8 Å². The molecule has 0 spiro atoms. The summed E-state index contributed by atoms with van der Waals surface area (Å²) in [4.78, 5) is 0. The maximum Gasteiger partial charge on any atom is 0.125 e. The lowest BCUT2D eigenvalue weighted by atomic mass is 9.63. The van der Waals surface area contributed by atoms with Gasteiger partial charge in [0.15, 0.2) is 0 Å². The summed E-state index contributed by atoms with van der Waals surface area (Å²) in [6.45, 7) is 35.8. The van der Waals surface area contributed by atoms with Crippen molar-refractivity contribution in [3.63, 3.8) is 0 Å². The zero-order chi connectivity index (χ0) is 85.0. The molecule has 119 heavy (non-hydrogen) atoms. The number of aliphatic hydroxyl groups excluding tert-OH is 6. The molecular weight excluding hydrogens is 1480 g/mol. The molecule has 12 aromatic carbocycles. The Balaban J connectivity index is 0.000000155. The predicted octanol–water partition coefficient (Wildman–Crippen LogP) is 20.9. The highest BCUT2D eigenvalue weighted by Gasteiger charge is 2.51.